The van der Waals surface area contributed by atoms with Crippen molar-refractivity contribution in [1.29, 1.82) is 0 Å². The molecule has 116 valence electrons. The van der Waals surface area contributed by atoms with Crippen molar-refractivity contribution in [3.05, 3.63) is 48.4 Å². The summed E-state index contributed by atoms with van der Waals surface area (Å²) in [5, 5.41) is 9.49. The average Bonchev–Trinajstić information content (AvgIpc) is 3.23. The van der Waals surface area contributed by atoms with Crippen LogP contribution in [0.25, 0.3) is 11.1 Å². The molecule has 1 fully saturated rings. The summed E-state index contributed by atoms with van der Waals surface area (Å²) in [5.41, 5.74) is 2.47. The molecule has 0 bridgehead atoms. The van der Waals surface area contributed by atoms with Crippen LogP contribution in [0.4, 0.5) is 0 Å². The average molecular weight is 301 g/mol. The van der Waals surface area contributed by atoms with Gasteiger partial charge in [0.15, 0.2) is 0 Å². The van der Waals surface area contributed by atoms with E-state index in [9.17, 15) is 9.90 Å². The van der Waals surface area contributed by atoms with E-state index in [1.807, 2.05) is 24.3 Å². The van der Waals surface area contributed by atoms with Gasteiger partial charge in [0.1, 0.15) is 0 Å². The maximum absolute atomic E-state index is 12.7. The van der Waals surface area contributed by atoms with Crippen molar-refractivity contribution in [3.63, 3.8) is 0 Å². The lowest BCUT2D eigenvalue weighted by atomic mass is 10.0. The van der Waals surface area contributed by atoms with E-state index in [2.05, 4.69) is 0 Å². The molecule has 5 heteroatoms. The molecular formula is C17H19NO4. The molecule has 0 radical (unpaired) electrons. The lowest BCUT2D eigenvalue weighted by Crippen LogP contribution is -2.38. The normalized spacial score (nSPS) is 21.3. The van der Waals surface area contributed by atoms with Gasteiger partial charge in [-0.2, -0.15) is 0 Å². The fourth-order valence-corrected chi connectivity index (χ4v) is 2.89. The first-order chi connectivity index (χ1) is 10.7. The first-order valence-corrected chi connectivity index (χ1v) is 7.30. The Morgan fingerprint density at radius 1 is 1.41 bits per heavy atom. The molecule has 5 nitrogen and oxygen atoms in total. The van der Waals surface area contributed by atoms with Gasteiger partial charge in [-0.05, 0) is 30.2 Å². The van der Waals surface area contributed by atoms with Gasteiger partial charge in [-0.3, -0.25) is 4.79 Å². The number of nitrogens with zero attached hydrogens (tertiary/aromatic N) is 1. The Kier molecular flexibility index (Phi) is 4.27. The summed E-state index contributed by atoms with van der Waals surface area (Å²) in [5.74, 6) is -0.0797. The van der Waals surface area contributed by atoms with Crippen LogP contribution in [0.1, 0.15) is 16.8 Å². The van der Waals surface area contributed by atoms with Crippen molar-refractivity contribution in [2.45, 2.75) is 18.6 Å². The van der Waals surface area contributed by atoms with Crippen molar-refractivity contribution in [1.82, 2.24) is 4.90 Å². The van der Waals surface area contributed by atoms with E-state index in [0.717, 1.165) is 11.1 Å². The maximum Gasteiger partial charge on any atom is 0.254 e. The Labute approximate surface area is 129 Å². The molecule has 0 unspecified atom stereocenters. The van der Waals surface area contributed by atoms with Crippen LogP contribution in [0.15, 0.2) is 47.3 Å². The molecule has 2 aromatic rings. The van der Waals surface area contributed by atoms with E-state index < -0.39 is 0 Å². The molecule has 1 saturated heterocycles. The molecule has 2 heterocycles. The third-order valence-electron chi connectivity index (χ3n) is 4.15. The van der Waals surface area contributed by atoms with Crippen molar-refractivity contribution >= 4 is 5.91 Å². The number of benzene rings is 1. The van der Waals surface area contributed by atoms with Crippen LogP contribution in [-0.4, -0.2) is 48.3 Å². The van der Waals surface area contributed by atoms with Gasteiger partial charge < -0.3 is 19.2 Å². The van der Waals surface area contributed by atoms with Crippen molar-refractivity contribution < 1.29 is 19.1 Å². The zero-order chi connectivity index (χ0) is 15.5. The van der Waals surface area contributed by atoms with Gasteiger partial charge in [0.25, 0.3) is 5.91 Å². The highest BCUT2D eigenvalue weighted by molar-refractivity contribution is 5.96. The Morgan fingerprint density at radius 3 is 2.95 bits per heavy atom. The largest absolute Gasteiger partial charge is 0.472 e. The topological polar surface area (TPSA) is 62.9 Å². The number of ether oxygens (including phenoxy) is 1. The molecule has 1 aromatic heterocycles. The molecule has 0 saturated carbocycles. The molecular weight excluding hydrogens is 282 g/mol. The van der Waals surface area contributed by atoms with Crippen LogP contribution in [0.3, 0.4) is 0 Å². The van der Waals surface area contributed by atoms with Gasteiger partial charge in [-0.1, -0.05) is 12.1 Å². The molecule has 1 aromatic carbocycles. The van der Waals surface area contributed by atoms with Crippen LogP contribution in [-0.2, 0) is 4.74 Å². The highest BCUT2D eigenvalue weighted by atomic mass is 16.5. The zero-order valence-corrected chi connectivity index (χ0v) is 12.4. The van der Waals surface area contributed by atoms with E-state index in [1.165, 1.54) is 0 Å². The third-order valence-corrected chi connectivity index (χ3v) is 4.15. The summed E-state index contributed by atoms with van der Waals surface area (Å²) in [6.07, 6.45) is 3.91. The highest BCUT2D eigenvalue weighted by Crippen LogP contribution is 2.25. The van der Waals surface area contributed by atoms with Crippen LogP contribution in [0, 0.1) is 0 Å². The van der Waals surface area contributed by atoms with Crippen molar-refractivity contribution in [2.24, 2.45) is 0 Å². The minimum atomic E-state index is -0.185. The Hall–Kier alpha value is -2.11. The smallest absolute Gasteiger partial charge is 0.254 e. The molecule has 0 spiro atoms. The minimum absolute atomic E-state index is 0.0156. The van der Waals surface area contributed by atoms with Crippen LogP contribution in [0.2, 0.25) is 0 Å². The summed E-state index contributed by atoms with van der Waals surface area (Å²) >= 11 is 0. The maximum atomic E-state index is 12.7. The second kappa shape index (κ2) is 6.34. The first-order valence-electron chi connectivity index (χ1n) is 7.30. The van der Waals surface area contributed by atoms with E-state index in [4.69, 9.17) is 9.15 Å². The Bertz CT molecular complexity index is 638. The van der Waals surface area contributed by atoms with E-state index >= 15 is 0 Å². The Morgan fingerprint density at radius 2 is 2.27 bits per heavy atom. The third kappa shape index (κ3) is 2.77. The van der Waals surface area contributed by atoms with Crippen LogP contribution < -0.4 is 0 Å². The number of hydrogen-bond acceptors (Lipinski definition) is 4. The standard InChI is InChI=1S/C17H19NO4/c1-21-16-8-15(10-19)18(9-16)17(20)13-4-2-3-12(7-13)14-5-6-22-11-14/h2-7,11,15-16,19H,8-10H2,1H3/t15-,16+/m0/s1. The molecule has 1 aliphatic rings. The van der Waals surface area contributed by atoms with Gasteiger partial charge in [-0.15, -0.1) is 0 Å². The molecule has 1 amide bonds. The summed E-state index contributed by atoms with van der Waals surface area (Å²) < 4.78 is 10.4. The number of methoxy groups -OCH3 is 1. The summed E-state index contributed by atoms with van der Waals surface area (Å²) in [7, 11) is 1.63. The number of amides is 1. The van der Waals surface area contributed by atoms with Crippen LogP contribution in [0.5, 0.6) is 0 Å². The molecule has 3 rings (SSSR count). The molecule has 1 N–H and O–H groups in total. The van der Waals surface area contributed by atoms with Gasteiger partial charge >= 0.3 is 0 Å². The van der Waals surface area contributed by atoms with E-state index in [-0.39, 0.29) is 24.7 Å². The highest BCUT2D eigenvalue weighted by Gasteiger charge is 2.35. The number of carbonyl (C=O) groups excluding carboxylic acids is 1. The number of likely N-dealkylation sites (tertiary alicyclic amines) is 1. The number of aliphatic hydroxyl groups is 1. The summed E-state index contributed by atoms with van der Waals surface area (Å²) in [6, 6.07) is 9.11. The molecule has 22 heavy (non-hydrogen) atoms. The molecule has 2 atom stereocenters. The first kappa shape index (κ1) is 14.8. The van der Waals surface area contributed by atoms with Crippen molar-refractivity contribution in [3.8, 4) is 11.1 Å². The fourth-order valence-electron chi connectivity index (χ4n) is 2.89. The number of aliphatic hydroxyl groups excluding tert-OH is 1. The van der Waals surface area contributed by atoms with Gasteiger partial charge in [0.05, 0.1) is 31.3 Å². The Balaban J connectivity index is 1.84. The van der Waals surface area contributed by atoms with Crippen molar-refractivity contribution in [2.75, 3.05) is 20.3 Å². The predicted octanol–water partition coefficient (Wildman–Crippen LogP) is 2.17. The lowest BCUT2D eigenvalue weighted by molar-refractivity contribution is 0.0648. The van der Waals surface area contributed by atoms with Crippen LogP contribution >= 0.6 is 0 Å². The minimum Gasteiger partial charge on any atom is -0.472 e. The van der Waals surface area contributed by atoms with Gasteiger partial charge in [0, 0.05) is 24.8 Å². The SMILES string of the molecule is CO[C@@H]1C[C@@H](CO)N(C(=O)c2cccc(-c3ccoc3)c2)C1. The number of furan rings is 1. The van der Waals surface area contributed by atoms with Gasteiger partial charge in [-0.25, -0.2) is 0 Å². The van der Waals surface area contributed by atoms with E-state index in [0.29, 0.717) is 18.5 Å². The monoisotopic (exact) mass is 301 g/mol. The molecule has 0 aliphatic carbocycles. The van der Waals surface area contributed by atoms with E-state index in [1.54, 1.807) is 30.6 Å². The fraction of sp³-hybridized carbons (Fsp3) is 0.353. The zero-order valence-electron chi connectivity index (χ0n) is 12.4. The number of carbonyl (C=O) groups is 1. The molecule has 1 aliphatic heterocycles. The number of rotatable bonds is 4. The summed E-state index contributed by atoms with van der Waals surface area (Å²) in [4.78, 5) is 14.4. The summed E-state index contributed by atoms with van der Waals surface area (Å²) in [6.45, 7) is 0.462. The quantitative estimate of drug-likeness (QED) is 0.940. The lowest BCUT2D eigenvalue weighted by Gasteiger charge is -2.23. The predicted molar refractivity (Wildman–Crippen MR) is 81.5 cm³/mol. The number of hydrogen-bond donors (Lipinski definition) is 1. The second-order valence-electron chi connectivity index (χ2n) is 5.48. The van der Waals surface area contributed by atoms with Gasteiger partial charge in [0.2, 0.25) is 0 Å². The second-order valence-corrected chi connectivity index (χ2v) is 5.48.